The highest BCUT2D eigenvalue weighted by Gasteiger charge is 2.29. The van der Waals surface area contributed by atoms with E-state index in [1.807, 2.05) is 23.5 Å². The summed E-state index contributed by atoms with van der Waals surface area (Å²) < 4.78 is 1.22. The molecule has 20 heavy (non-hydrogen) atoms. The zero-order valence-electron chi connectivity index (χ0n) is 11.1. The normalized spacial score (nSPS) is 21.7. The van der Waals surface area contributed by atoms with E-state index < -0.39 is 0 Å². The molecule has 1 aromatic heterocycles. The van der Waals surface area contributed by atoms with E-state index in [2.05, 4.69) is 45.5 Å². The molecule has 1 aromatic carbocycles. The zero-order valence-corrected chi connectivity index (χ0v) is 14.3. The van der Waals surface area contributed by atoms with Crippen LogP contribution in [0.3, 0.4) is 0 Å². The highest BCUT2D eigenvalue weighted by molar-refractivity contribution is 9.11. The molecule has 0 unspecified atom stereocenters. The van der Waals surface area contributed by atoms with Gasteiger partial charge in [-0.1, -0.05) is 23.7 Å². The maximum absolute atomic E-state index is 6.04. The molecular weight excluding hydrogens is 354 g/mol. The van der Waals surface area contributed by atoms with E-state index in [-0.39, 0.29) is 0 Å². The summed E-state index contributed by atoms with van der Waals surface area (Å²) in [6.45, 7) is 1.07. The van der Waals surface area contributed by atoms with Crippen molar-refractivity contribution in [3.63, 3.8) is 0 Å². The summed E-state index contributed by atoms with van der Waals surface area (Å²) in [4.78, 5) is 1.44. The van der Waals surface area contributed by atoms with Crippen LogP contribution in [0.4, 0.5) is 0 Å². The van der Waals surface area contributed by atoms with Gasteiger partial charge in [0.15, 0.2) is 0 Å². The van der Waals surface area contributed by atoms with Crippen molar-refractivity contribution in [1.29, 1.82) is 0 Å². The Balaban J connectivity index is 1.40. The summed E-state index contributed by atoms with van der Waals surface area (Å²) in [6.07, 6.45) is 3.58. The van der Waals surface area contributed by atoms with Gasteiger partial charge < -0.3 is 5.32 Å². The summed E-state index contributed by atoms with van der Waals surface area (Å²) in [5, 5.41) is 4.50. The SMILES string of the molecule is Clc1cccc(C2CC(NCCc3ccc(Br)s3)C2)c1. The molecule has 0 saturated heterocycles. The van der Waals surface area contributed by atoms with Crippen molar-refractivity contribution in [2.45, 2.75) is 31.2 Å². The molecule has 3 rings (SSSR count). The smallest absolute Gasteiger partial charge is 0.0701 e. The van der Waals surface area contributed by atoms with Crippen LogP contribution in [-0.4, -0.2) is 12.6 Å². The molecule has 0 radical (unpaired) electrons. The van der Waals surface area contributed by atoms with Crippen LogP contribution in [0.2, 0.25) is 5.02 Å². The zero-order chi connectivity index (χ0) is 13.9. The van der Waals surface area contributed by atoms with Crippen LogP contribution in [0.1, 0.15) is 29.2 Å². The highest BCUT2D eigenvalue weighted by Crippen LogP contribution is 2.37. The van der Waals surface area contributed by atoms with Gasteiger partial charge in [0.25, 0.3) is 0 Å². The molecule has 0 atom stereocenters. The van der Waals surface area contributed by atoms with Gasteiger partial charge in [0.1, 0.15) is 0 Å². The Morgan fingerprint density at radius 2 is 2.10 bits per heavy atom. The minimum Gasteiger partial charge on any atom is -0.314 e. The number of halogens is 2. The lowest BCUT2D eigenvalue weighted by molar-refractivity contribution is 0.293. The van der Waals surface area contributed by atoms with E-state index in [4.69, 9.17) is 11.6 Å². The number of nitrogens with one attached hydrogen (secondary N) is 1. The number of hydrogen-bond donors (Lipinski definition) is 1. The molecule has 0 amide bonds. The third kappa shape index (κ3) is 3.64. The van der Waals surface area contributed by atoms with Crippen molar-refractivity contribution < 1.29 is 0 Å². The molecule has 106 valence electrons. The molecule has 1 fully saturated rings. The first kappa shape index (κ1) is 14.6. The summed E-state index contributed by atoms with van der Waals surface area (Å²) in [6, 6.07) is 13.3. The Morgan fingerprint density at radius 1 is 1.25 bits per heavy atom. The van der Waals surface area contributed by atoms with Gasteiger partial charge in [-0.25, -0.2) is 0 Å². The van der Waals surface area contributed by atoms with Crippen LogP contribution >= 0.6 is 38.9 Å². The van der Waals surface area contributed by atoms with Crippen LogP contribution in [0, 0.1) is 0 Å². The number of hydrogen-bond acceptors (Lipinski definition) is 2. The minimum atomic E-state index is 0.669. The maximum atomic E-state index is 6.04. The van der Waals surface area contributed by atoms with Gasteiger partial charge in [0.2, 0.25) is 0 Å². The second kappa shape index (κ2) is 6.61. The van der Waals surface area contributed by atoms with Crippen LogP contribution < -0.4 is 5.32 Å². The van der Waals surface area contributed by atoms with Crippen molar-refractivity contribution in [3.8, 4) is 0 Å². The second-order valence-corrected chi connectivity index (χ2v) is 8.31. The van der Waals surface area contributed by atoms with E-state index in [1.165, 1.54) is 27.1 Å². The Kier molecular flexibility index (Phi) is 4.82. The average Bonchev–Trinajstić information content (AvgIpc) is 2.78. The van der Waals surface area contributed by atoms with Gasteiger partial charge in [0.05, 0.1) is 3.79 Å². The second-order valence-electron chi connectivity index (χ2n) is 5.33. The highest BCUT2D eigenvalue weighted by atomic mass is 79.9. The first-order valence-electron chi connectivity index (χ1n) is 6.94. The summed E-state index contributed by atoms with van der Waals surface area (Å²) in [7, 11) is 0. The average molecular weight is 371 g/mol. The molecule has 0 spiro atoms. The van der Waals surface area contributed by atoms with Crippen LogP contribution in [0.15, 0.2) is 40.2 Å². The molecule has 1 aliphatic carbocycles. The molecule has 1 aliphatic rings. The fourth-order valence-corrected chi connectivity index (χ4v) is 4.38. The van der Waals surface area contributed by atoms with E-state index >= 15 is 0 Å². The van der Waals surface area contributed by atoms with Crippen molar-refractivity contribution in [2.75, 3.05) is 6.54 Å². The largest absolute Gasteiger partial charge is 0.314 e. The van der Waals surface area contributed by atoms with Crippen LogP contribution in [0.25, 0.3) is 0 Å². The fourth-order valence-electron chi connectivity index (χ4n) is 2.70. The quantitative estimate of drug-likeness (QED) is 0.758. The van der Waals surface area contributed by atoms with Crippen molar-refractivity contribution in [1.82, 2.24) is 5.32 Å². The Labute approximate surface area is 137 Å². The molecule has 0 aliphatic heterocycles. The van der Waals surface area contributed by atoms with Gasteiger partial charge in [-0.15, -0.1) is 11.3 Å². The first-order valence-corrected chi connectivity index (χ1v) is 8.92. The third-order valence-corrected chi connectivity index (χ3v) is 5.81. The number of rotatable bonds is 5. The molecular formula is C16H17BrClNS. The predicted molar refractivity (Wildman–Crippen MR) is 90.9 cm³/mol. The van der Waals surface area contributed by atoms with Crippen LogP contribution in [0.5, 0.6) is 0 Å². The Bertz CT molecular complexity index is 577. The summed E-state index contributed by atoms with van der Waals surface area (Å²) in [5.74, 6) is 0.682. The lowest BCUT2D eigenvalue weighted by Crippen LogP contribution is -2.40. The minimum absolute atomic E-state index is 0.669. The van der Waals surface area contributed by atoms with Crippen molar-refractivity contribution >= 4 is 38.9 Å². The van der Waals surface area contributed by atoms with Crippen LogP contribution in [-0.2, 0) is 6.42 Å². The summed E-state index contributed by atoms with van der Waals surface area (Å²) >= 11 is 11.4. The Morgan fingerprint density at radius 3 is 2.80 bits per heavy atom. The Hall–Kier alpha value is -0.350. The topological polar surface area (TPSA) is 12.0 Å². The standard InChI is InChI=1S/C16H17BrClNS/c17-16-5-4-15(20-16)6-7-19-14-9-12(10-14)11-2-1-3-13(18)8-11/h1-5,8,12,14,19H,6-7,9-10H2. The predicted octanol–water partition coefficient (Wildman–Crippen LogP) is 5.24. The van der Waals surface area contributed by atoms with Gasteiger partial charge in [-0.3, -0.25) is 0 Å². The molecule has 1 nitrogen and oxygen atoms in total. The monoisotopic (exact) mass is 369 g/mol. The van der Waals surface area contributed by atoms with Crippen molar-refractivity contribution in [3.05, 3.63) is 55.6 Å². The number of thiophene rings is 1. The molecule has 2 aromatic rings. The van der Waals surface area contributed by atoms with E-state index in [1.54, 1.807) is 0 Å². The van der Waals surface area contributed by atoms with E-state index in [9.17, 15) is 0 Å². The molecule has 1 saturated carbocycles. The van der Waals surface area contributed by atoms with Gasteiger partial charge in [-0.05, 0) is 70.9 Å². The van der Waals surface area contributed by atoms with E-state index in [0.717, 1.165) is 18.0 Å². The van der Waals surface area contributed by atoms with Gasteiger partial charge in [0, 0.05) is 22.5 Å². The van der Waals surface area contributed by atoms with Crippen molar-refractivity contribution in [2.24, 2.45) is 0 Å². The maximum Gasteiger partial charge on any atom is 0.0701 e. The fraction of sp³-hybridized carbons (Fsp3) is 0.375. The number of benzene rings is 1. The molecule has 0 bridgehead atoms. The summed E-state index contributed by atoms with van der Waals surface area (Å²) in [5.41, 5.74) is 1.39. The van der Waals surface area contributed by atoms with Gasteiger partial charge in [-0.2, -0.15) is 0 Å². The third-order valence-electron chi connectivity index (χ3n) is 3.89. The lowest BCUT2D eigenvalue weighted by atomic mass is 9.76. The van der Waals surface area contributed by atoms with E-state index in [0.29, 0.717) is 12.0 Å². The molecule has 1 N–H and O–H groups in total. The lowest BCUT2D eigenvalue weighted by Gasteiger charge is -2.36. The first-order chi connectivity index (χ1) is 9.70. The van der Waals surface area contributed by atoms with Gasteiger partial charge >= 0.3 is 0 Å². The molecule has 4 heteroatoms. The molecule has 1 heterocycles.